The molecule has 1 heteroatoms. The summed E-state index contributed by atoms with van der Waals surface area (Å²) in [4.78, 5) is 0. The molecule has 0 saturated heterocycles. The van der Waals surface area contributed by atoms with Gasteiger partial charge in [0.15, 0.2) is 0 Å². The van der Waals surface area contributed by atoms with Crippen molar-refractivity contribution in [1.29, 1.82) is 0 Å². The molecule has 0 heterocycles. The molecule has 1 radical (unpaired) electrons. The molecule has 2 aromatic rings. The molecule has 1 atom stereocenters. The number of nitrogens with two attached hydrogens (primary N) is 1. The molecule has 2 aromatic carbocycles. The second-order valence-corrected chi connectivity index (χ2v) is 7.42. The molecule has 26 heavy (non-hydrogen) atoms. The first-order valence-corrected chi connectivity index (χ1v) is 9.37. The summed E-state index contributed by atoms with van der Waals surface area (Å²) in [5.74, 6) is 1.80. The van der Waals surface area contributed by atoms with E-state index in [-0.39, 0.29) is 0 Å². The van der Waals surface area contributed by atoms with E-state index in [1.165, 1.54) is 56.0 Å². The van der Waals surface area contributed by atoms with Gasteiger partial charge in [0.2, 0.25) is 0 Å². The van der Waals surface area contributed by atoms with Crippen molar-refractivity contribution in [2.24, 2.45) is 5.73 Å². The summed E-state index contributed by atoms with van der Waals surface area (Å²) in [5.41, 5.74) is 18.3. The molecule has 2 aliphatic carbocycles. The Kier molecular flexibility index (Phi) is 4.20. The highest BCUT2D eigenvalue weighted by molar-refractivity contribution is 5.88. The molecule has 0 aromatic heterocycles. The van der Waals surface area contributed by atoms with E-state index in [0.717, 1.165) is 0 Å². The summed E-state index contributed by atoms with van der Waals surface area (Å²) in [7, 11) is 0. The van der Waals surface area contributed by atoms with Gasteiger partial charge in [-0.3, -0.25) is 0 Å². The lowest BCUT2D eigenvalue weighted by molar-refractivity contribution is 0.898. The highest BCUT2D eigenvalue weighted by atomic mass is 14.5. The van der Waals surface area contributed by atoms with Crippen LogP contribution in [0.15, 0.2) is 76.9 Å². The average molecular weight is 340 g/mol. The third-order valence-corrected chi connectivity index (χ3v) is 6.25. The number of hydrogen-bond acceptors (Lipinski definition) is 1. The van der Waals surface area contributed by atoms with Gasteiger partial charge in [0, 0.05) is 18.4 Å². The Morgan fingerprint density at radius 1 is 0.731 bits per heavy atom. The molecular weight excluding hydrogens is 314 g/mol. The van der Waals surface area contributed by atoms with Crippen molar-refractivity contribution in [1.82, 2.24) is 0 Å². The largest absolute Gasteiger partial charge is 0.326 e. The minimum atomic E-state index is 0.319. The molecule has 2 aliphatic rings. The van der Waals surface area contributed by atoms with Crippen molar-refractivity contribution in [3.63, 3.8) is 0 Å². The van der Waals surface area contributed by atoms with E-state index < -0.39 is 0 Å². The quantitative estimate of drug-likeness (QED) is 0.735. The van der Waals surface area contributed by atoms with Crippen LogP contribution in [0.2, 0.25) is 0 Å². The van der Waals surface area contributed by atoms with Crippen molar-refractivity contribution in [2.75, 3.05) is 0 Å². The van der Waals surface area contributed by atoms with Crippen LogP contribution in [0.3, 0.4) is 0 Å². The lowest BCUT2D eigenvalue weighted by Gasteiger charge is -2.22. The summed E-state index contributed by atoms with van der Waals surface area (Å²) in [6.45, 7) is 9.60. The average Bonchev–Trinajstić information content (AvgIpc) is 3.13. The lowest BCUT2D eigenvalue weighted by Crippen LogP contribution is -2.08. The van der Waals surface area contributed by atoms with Crippen molar-refractivity contribution >= 4 is 5.57 Å². The number of fused-ring (bicyclic) bond motifs is 1. The van der Waals surface area contributed by atoms with E-state index in [9.17, 15) is 0 Å². The fraction of sp³-hybridized carbons (Fsp3) is 0.240. The van der Waals surface area contributed by atoms with Crippen LogP contribution in [0.5, 0.6) is 0 Å². The van der Waals surface area contributed by atoms with Crippen molar-refractivity contribution in [2.45, 2.75) is 40.2 Å². The molecule has 1 unspecified atom stereocenters. The molecule has 0 bridgehead atoms. The molecule has 0 fully saturated rings. The third kappa shape index (κ3) is 2.42. The van der Waals surface area contributed by atoms with Crippen LogP contribution in [0.4, 0.5) is 0 Å². The number of hydrogen-bond donors (Lipinski definition) is 1. The maximum atomic E-state index is 6.03. The molecule has 0 saturated carbocycles. The van der Waals surface area contributed by atoms with Gasteiger partial charge in [-0.15, -0.1) is 0 Å². The summed E-state index contributed by atoms with van der Waals surface area (Å²) in [6, 6.07) is 17.4. The van der Waals surface area contributed by atoms with Gasteiger partial charge in [-0.25, -0.2) is 0 Å². The minimum Gasteiger partial charge on any atom is -0.326 e. The topological polar surface area (TPSA) is 26.0 Å². The lowest BCUT2D eigenvalue weighted by atomic mass is 9.81. The Labute approximate surface area is 156 Å². The Morgan fingerprint density at radius 2 is 1.31 bits per heavy atom. The smallest absolute Gasteiger partial charge is 0.0370 e. The highest BCUT2D eigenvalue weighted by Crippen LogP contribution is 2.52. The Hall–Kier alpha value is -2.38. The van der Waals surface area contributed by atoms with Crippen LogP contribution in [0.25, 0.3) is 5.57 Å². The SMILES string of the molecule is CC1=C(C)C(C)=C(C)[C]1C1C=C(c2ccccc2CN)c2ccccc21. The second-order valence-electron chi connectivity index (χ2n) is 7.42. The molecule has 0 spiro atoms. The van der Waals surface area contributed by atoms with Crippen molar-refractivity contribution in [3.8, 4) is 0 Å². The first-order valence-electron chi connectivity index (χ1n) is 9.37. The fourth-order valence-corrected chi connectivity index (χ4v) is 4.51. The molecular formula is C25H26N. The minimum absolute atomic E-state index is 0.319. The fourth-order valence-electron chi connectivity index (χ4n) is 4.51. The van der Waals surface area contributed by atoms with E-state index >= 15 is 0 Å². The molecule has 131 valence electrons. The molecule has 2 N–H and O–H groups in total. The predicted molar refractivity (Wildman–Crippen MR) is 111 cm³/mol. The molecule has 4 rings (SSSR count). The van der Waals surface area contributed by atoms with E-state index in [1.54, 1.807) is 0 Å². The predicted octanol–water partition coefficient (Wildman–Crippen LogP) is 5.94. The number of allylic oxidation sites excluding steroid dienone is 5. The highest BCUT2D eigenvalue weighted by Gasteiger charge is 2.36. The van der Waals surface area contributed by atoms with Gasteiger partial charge < -0.3 is 5.73 Å². The normalized spacial score (nSPS) is 20.0. The molecule has 0 aliphatic heterocycles. The summed E-state index contributed by atoms with van der Waals surface area (Å²) in [6.07, 6.45) is 2.45. The Morgan fingerprint density at radius 3 is 1.96 bits per heavy atom. The first-order chi connectivity index (χ1) is 12.5. The third-order valence-electron chi connectivity index (χ3n) is 6.25. The van der Waals surface area contributed by atoms with Gasteiger partial charge >= 0.3 is 0 Å². The van der Waals surface area contributed by atoms with Crippen LogP contribution < -0.4 is 5.73 Å². The van der Waals surface area contributed by atoms with E-state index in [1.807, 2.05) is 0 Å². The molecule has 0 amide bonds. The van der Waals surface area contributed by atoms with Crippen molar-refractivity contribution < 1.29 is 0 Å². The molecule has 1 nitrogen and oxygen atoms in total. The van der Waals surface area contributed by atoms with Gasteiger partial charge in [-0.1, -0.05) is 65.8 Å². The zero-order chi connectivity index (χ0) is 18.4. The monoisotopic (exact) mass is 340 g/mol. The maximum Gasteiger partial charge on any atom is 0.0370 e. The van der Waals surface area contributed by atoms with E-state index in [0.29, 0.717) is 12.5 Å². The zero-order valence-corrected chi connectivity index (χ0v) is 16.1. The summed E-state index contributed by atoms with van der Waals surface area (Å²) >= 11 is 0. The van der Waals surface area contributed by atoms with Crippen LogP contribution in [0, 0.1) is 5.92 Å². The van der Waals surface area contributed by atoms with Crippen LogP contribution in [-0.4, -0.2) is 0 Å². The maximum absolute atomic E-state index is 6.03. The standard InChI is InChI=1S/C25H26N/c1-15-16(2)18(4)25(17(15)3)24-13-23(21-11-7-8-12-22(21)24)20-10-6-5-9-19(20)14-26/h5-13,24H,14,26H2,1-4H3. The van der Waals surface area contributed by atoms with Crippen molar-refractivity contribution in [3.05, 3.63) is 105 Å². The van der Waals surface area contributed by atoms with Gasteiger partial charge in [0.1, 0.15) is 0 Å². The van der Waals surface area contributed by atoms with Crippen LogP contribution >= 0.6 is 0 Å². The number of rotatable bonds is 3. The van der Waals surface area contributed by atoms with Crippen LogP contribution in [0.1, 0.15) is 55.9 Å². The first kappa shape index (κ1) is 17.1. The Balaban J connectivity index is 1.90. The van der Waals surface area contributed by atoms with Gasteiger partial charge in [-0.2, -0.15) is 0 Å². The van der Waals surface area contributed by atoms with E-state index in [2.05, 4.69) is 82.3 Å². The van der Waals surface area contributed by atoms with Gasteiger partial charge in [0.05, 0.1) is 0 Å². The number of benzene rings is 2. The second kappa shape index (κ2) is 6.41. The van der Waals surface area contributed by atoms with E-state index in [4.69, 9.17) is 5.73 Å². The van der Waals surface area contributed by atoms with Gasteiger partial charge in [-0.05, 0) is 66.7 Å². The zero-order valence-electron chi connectivity index (χ0n) is 16.1. The summed E-state index contributed by atoms with van der Waals surface area (Å²) < 4.78 is 0. The van der Waals surface area contributed by atoms with Crippen LogP contribution in [-0.2, 0) is 6.54 Å². The van der Waals surface area contributed by atoms with Gasteiger partial charge in [0.25, 0.3) is 0 Å². The Bertz CT molecular complexity index is 947. The summed E-state index contributed by atoms with van der Waals surface area (Å²) in [5, 5.41) is 0.